The number of aromatic nitrogens is 1. The highest BCUT2D eigenvalue weighted by molar-refractivity contribution is 6.30. The second-order valence-electron chi connectivity index (χ2n) is 5.60. The Morgan fingerprint density at radius 1 is 1.08 bits per heavy atom. The first-order valence-corrected chi connectivity index (χ1v) is 8.41. The maximum Gasteiger partial charge on any atom is 0.270 e. The number of carbonyl (C=O) groups is 1. The zero-order chi connectivity index (χ0) is 18.4. The number of carbonyl (C=O) groups excluding carboxylic acids is 1. The van der Waals surface area contributed by atoms with E-state index < -0.39 is 0 Å². The van der Waals surface area contributed by atoms with Gasteiger partial charge in [0.1, 0.15) is 11.4 Å². The predicted molar refractivity (Wildman–Crippen MR) is 103 cm³/mol. The molecule has 2 aromatic carbocycles. The zero-order valence-corrected chi connectivity index (χ0v) is 15.0. The largest absolute Gasteiger partial charge is 0.497 e. The molecule has 0 saturated carbocycles. The van der Waals surface area contributed by atoms with Crippen LogP contribution in [0.2, 0.25) is 5.02 Å². The van der Waals surface area contributed by atoms with E-state index in [9.17, 15) is 4.79 Å². The van der Waals surface area contributed by atoms with Gasteiger partial charge >= 0.3 is 0 Å². The standard InChI is InChI=1S/C20H18ClN3O2/c1-26-18-7-5-14(6-8-18)13-23-20(25)19-12-17(9-10-22-19)24-16-4-2-3-15(21)11-16/h2-12H,13H2,1H3,(H,22,24)(H,23,25). The SMILES string of the molecule is COc1ccc(CNC(=O)c2cc(Nc3cccc(Cl)c3)ccn2)cc1. The van der Waals surface area contributed by atoms with Gasteiger partial charge in [0.15, 0.2) is 0 Å². The normalized spacial score (nSPS) is 10.2. The molecule has 1 aromatic heterocycles. The molecule has 0 unspecified atom stereocenters. The molecule has 0 aliphatic carbocycles. The van der Waals surface area contributed by atoms with Gasteiger partial charge in [-0.15, -0.1) is 0 Å². The topological polar surface area (TPSA) is 63.2 Å². The van der Waals surface area contributed by atoms with Crippen molar-refractivity contribution in [3.63, 3.8) is 0 Å². The number of halogens is 1. The molecule has 0 fully saturated rings. The van der Waals surface area contributed by atoms with Crippen LogP contribution in [0.5, 0.6) is 5.75 Å². The molecule has 132 valence electrons. The van der Waals surface area contributed by atoms with Crippen LogP contribution < -0.4 is 15.4 Å². The molecule has 1 amide bonds. The zero-order valence-electron chi connectivity index (χ0n) is 14.2. The summed E-state index contributed by atoms with van der Waals surface area (Å²) in [5.74, 6) is 0.539. The number of hydrogen-bond acceptors (Lipinski definition) is 4. The summed E-state index contributed by atoms with van der Waals surface area (Å²) in [4.78, 5) is 16.5. The van der Waals surface area contributed by atoms with Gasteiger partial charge in [-0.3, -0.25) is 9.78 Å². The molecule has 0 saturated heterocycles. The van der Waals surface area contributed by atoms with Crippen molar-refractivity contribution in [1.29, 1.82) is 0 Å². The molecule has 0 spiro atoms. The monoisotopic (exact) mass is 367 g/mol. The number of nitrogens with zero attached hydrogens (tertiary/aromatic N) is 1. The lowest BCUT2D eigenvalue weighted by atomic mass is 10.2. The van der Waals surface area contributed by atoms with Gasteiger partial charge in [0.05, 0.1) is 7.11 Å². The van der Waals surface area contributed by atoms with Crippen molar-refractivity contribution >= 4 is 28.9 Å². The fourth-order valence-corrected chi connectivity index (χ4v) is 2.57. The molecular weight excluding hydrogens is 350 g/mol. The number of ether oxygens (including phenoxy) is 1. The number of nitrogens with one attached hydrogen (secondary N) is 2. The van der Waals surface area contributed by atoms with Gasteiger partial charge in [0.2, 0.25) is 0 Å². The van der Waals surface area contributed by atoms with E-state index in [1.54, 1.807) is 31.5 Å². The lowest BCUT2D eigenvalue weighted by molar-refractivity contribution is 0.0946. The van der Waals surface area contributed by atoms with Crippen LogP contribution in [-0.4, -0.2) is 18.0 Å². The van der Waals surface area contributed by atoms with Crippen molar-refractivity contribution in [3.05, 3.63) is 83.1 Å². The summed E-state index contributed by atoms with van der Waals surface area (Å²) in [5.41, 5.74) is 2.92. The van der Waals surface area contributed by atoms with E-state index in [2.05, 4.69) is 15.6 Å². The average molecular weight is 368 g/mol. The van der Waals surface area contributed by atoms with Crippen LogP contribution in [0.1, 0.15) is 16.1 Å². The Labute approximate surface area is 157 Å². The Morgan fingerprint density at radius 3 is 2.58 bits per heavy atom. The van der Waals surface area contributed by atoms with Crippen molar-refractivity contribution in [2.45, 2.75) is 6.54 Å². The van der Waals surface area contributed by atoms with E-state index in [-0.39, 0.29) is 5.91 Å². The van der Waals surface area contributed by atoms with Crippen LogP contribution in [0, 0.1) is 0 Å². The second kappa shape index (κ2) is 8.36. The first kappa shape index (κ1) is 17.8. The fraction of sp³-hybridized carbons (Fsp3) is 0.100. The summed E-state index contributed by atoms with van der Waals surface area (Å²) < 4.78 is 5.12. The minimum absolute atomic E-state index is 0.240. The average Bonchev–Trinajstić information content (AvgIpc) is 2.67. The second-order valence-corrected chi connectivity index (χ2v) is 6.03. The summed E-state index contributed by atoms with van der Waals surface area (Å²) in [5, 5.41) is 6.71. The number of rotatable bonds is 6. The number of benzene rings is 2. The summed E-state index contributed by atoms with van der Waals surface area (Å²) in [6, 6.07) is 18.4. The van der Waals surface area contributed by atoms with Crippen LogP contribution in [0.3, 0.4) is 0 Å². The number of hydrogen-bond donors (Lipinski definition) is 2. The van der Waals surface area contributed by atoms with Crippen molar-refractivity contribution < 1.29 is 9.53 Å². The third kappa shape index (κ3) is 4.74. The fourth-order valence-electron chi connectivity index (χ4n) is 2.38. The maximum atomic E-state index is 12.4. The Morgan fingerprint density at radius 2 is 1.85 bits per heavy atom. The molecule has 6 heteroatoms. The van der Waals surface area contributed by atoms with Gasteiger partial charge in [0, 0.05) is 29.1 Å². The first-order valence-electron chi connectivity index (χ1n) is 8.04. The van der Waals surface area contributed by atoms with E-state index in [0.717, 1.165) is 22.7 Å². The van der Waals surface area contributed by atoms with Crippen molar-refractivity contribution in [2.24, 2.45) is 0 Å². The molecule has 0 aliphatic heterocycles. The first-order chi connectivity index (χ1) is 12.6. The van der Waals surface area contributed by atoms with Gasteiger partial charge in [-0.1, -0.05) is 29.8 Å². The summed E-state index contributed by atoms with van der Waals surface area (Å²) in [6.07, 6.45) is 1.59. The number of anilines is 2. The van der Waals surface area contributed by atoms with Crippen molar-refractivity contribution in [3.8, 4) is 5.75 Å². The summed E-state index contributed by atoms with van der Waals surface area (Å²) in [6.45, 7) is 0.413. The van der Waals surface area contributed by atoms with Crippen LogP contribution in [0.25, 0.3) is 0 Å². The van der Waals surface area contributed by atoms with Crippen LogP contribution in [-0.2, 0) is 6.54 Å². The van der Waals surface area contributed by atoms with E-state index >= 15 is 0 Å². The molecular formula is C20H18ClN3O2. The van der Waals surface area contributed by atoms with Crippen LogP contribution in [0.15, 0.2) is 66.9 Å². The van der Waals surface area contributed by atoms with E-state index in [1.165, 1.54) is 0 Å². The quantitative estimate of drug-likeness (QED) is 0.677. The molecule has 2 N–H and O–H groups in total. The predicted octanol–water partition coefficient (Wildman–Crippen LogP) is 4.42. The molecule has 0 radical (unpaired) electrons. The maximum absolute atomic E-state index is 12.4. The summed E-state index contributed by atoms with van der Waals surface area (Å²) in [7, 11) is 1.62. The van der Waals surface area contributed by atoms with Gasteiger partial charge in [0.25, 0.3) is 5.91 Å². The molecule has 0 atom stereocenters. The Balaban J connectivity index is 1.63. The van der Waals surface area contributed by atoms with Gasteiger partial charge in [-0.05, 0) is 48.0 Å². The van der Waals surface area contributed by atoms with Crippen LogP contribution >= 0.6 is 11.6 Å². The molecule has 1 heterocycles. The molecule has 0 bridgehead atoms. The Kier molecular flexibility index (Phi) is 5.71. The number of amides is 1. The van der Waals surface area contributed by atoms with Crippen molar-refractivity contribution in [2.75, 3.05) is 12.4 Å². The number of pyridine rings is 1. The van der Waals surface area contributed by atoms with E-state index in [1.807, 2.05) is 42.5 Å². The highest BCUT2D eigenvalue weighted by atomic mass is 35.5. The van der Waals surface area contributed by atoms with E-state index in [0.29, 0.717) is 17.3 Å². The summed E-state index contributed by atoms with van der Waals surface area (Å²) >= 11 is 5.99. The molecule has 3 rings (SSSR count). The van der Waals surface area contributed by atoms with Gasteiger partial charge in [-0.25, -0.2) is 0 Å². The molecule has 26 heavy (non-hydrogen) atoms. The molecule has 5 nitrogen and oxygen atoms in total. The van der Waals surface area contributed by atoms with E-state index in [4.69, 9.17) is 16.3 Å². The number of methoxy groups -OCH3 is 1. The Hall–Kier alpha value is -3.05. The highest BCUT2D eigenvalue weighted by Crippen LogP contribution is 2.20. The smallest absolute Gasteiger partial charge is 0.270 e. The Bertz CT molecular complexity index is 898. The lowest BCUT2D eigenvalue weighted by Crippen LogP contribution is -2.23. The van der Waals surface area contributed by atoms with Crippen LogP contribution in [0.4, 0.5) is 11.4 Å². The third-order valence-corrected chi connectivity index (χ3v) is 3.95. The minimum atomic E-state index is -0.240. The molecule has 0 aliphatic rings. The van der Waals surface area contributed by atoms with Gasteiger partial charge < -0.3 is 15.4 Å². The lowest BCUT2D eigenvalue weighted by Gasteiger charge is -2.09. The third-order valence-electron chi connectivity index (χ3n) is 3.72. The highest BCUT2D eigenvalue weighted by Gasteiger charge is 2.08. The van der Waals surface area contributed by atoms with Gasteiger partial charge in [-0.2, -0.15) is 0 Å². The minimum Gasteiger partial charge on any atom is -0.497 e. The van der Waals surface area contributed by atoms with Crippen molar-refractivity contribution in [1.82, 2.24) is 10.3 Å². The molecule has 3 aromatic rings.